The molecular weight excluding hydrogens is 182 g/mol. The Bertz CT molecular complexity index is 266. The van der Waals surface area contributed by atoms with E-state index in [9.17, 15) is 0 Å². The molecule has 2 heterocycles. The Hall–Kier alpha value is -0.610. The molecule has 0 bridgehead atoms. The Morgan fingerprint density at radius 3 is 2.85 bits per heavy atom. The van der Waals surface area contributed by atoms with Gasteiger partial charge in [0, 0.05) is 13.0 Å². The van der Waals surface area contributed by atoms with Crippen molar-refractivity contribution >= 4 is 16.5 Å². The molecule has 0 atom stereocenters. The van der Waals surface area contributed by atoms with Gasteiger partial charge in [-0.3, -0.25) is 0 Å². The molecule has 1 aliphatic heterocycles. The number of likely N-dealkylation sites (tertiary alicyclic amines) is 1. The molecule has 4 heteroatoms. The molecule has 0 amide bonds. The summed E-state index contributed by atoms with van der Waals surface area (Å²) in [5, 5.41) is 0.830. The van der Waals surface area contributed by atoms with Crippen LogP contribution < -0.4 is 5.73 Å². The predicted octanol–water partition coefficient (Wildman–Crippen LogP) is 1.36. The maximum Gasteiger partial charge on any atom is 0.107 e. The molecule has 3 nitrogen and oxygen atoms in total. The molecule has 1 aromatic heterocycles. The number of nitrogen functional groups attached to an aromatic ring is 1. The summed E-state index contributed by atoms with van der Waals surface area (Å²) in [5.41, 5.74) is 6.75. The molecule has 0 spiro atoms. The standard InChI is InChI=1S/C9H15N3S/c10-9-7-8(11-13-9)3-6-12-4-1-2-5-12/h7H,1-6,10H2. The monoisotopic (exact) mass is 197 g/mol. The number of hydrogen-bond donors (Lipinski definition) is 1. The zero-order valence-electron chi connectivity index (χ0n) is 7.70. The summed E-state index contributed by atoms with van der Waals surface area (Å²) in [6.07, 6.45) is 3.77. The summed E-state index contributed by atoms with van der Waals surface area (Å²) in [7, 11) is 0. The van der Waals surface area contributed by atoms with Crippen molar-refractivity contribution in [3.05, 3.63) is 11.8 Å². The average Bonchev–Trinajstić information content (AvgIpc) is 2.71. The second kappa shape index (κ2) is 4.07. The van der Waals surface area contributed by atoms with Crippen LogP contribution in [0, 0.1) is 0 Å². The quantitative estimate of drug-likeness (QED) is 0.795. The lowest BCUT2D eigenvalue weighted by molar-refractivity contribution is 0.342. The second-order valence-corrected chi connectivity index (χ2v) is 4.36. The van der Waals surface area contributed by atoms with E-state index in [4.69, 9.17) is 5.73 Å². The maximum atomic E-state index is 5.60. The Morgan fingerprint density at radius 2 is 2.23 bits per heavy atom. The highest BCUT2D eigenvalue weighted by molar-refractivity contribution is 7.10. The van der Waals surface area contributed by atoms with Crippen molar-refractivity contribution in [1.82, 2.24) is 9.27 Å². The number of nitrogens with zero attached hydrogens (tertiary/aromatic N) is 2. The molecule has 0 unspecified atom stereocenters. The number of rotatable bonds is 3. The minimum Gasteiger partial charge on any atom is -0.389 e. The zero-order valence-corrected chi connectivity index (χ0v) is 8.52. The van der Waals surface area contributed by atoms with E-state index in [2.05, 4.69) is 9.27 Å². The highest BCUT2D eigenvalue weighted by Crippen LogP contribution is 2.13. The van der Waals surface area contributed by atoms with Crippen molar-refractivity contribution in [1.29, 1.82) is 0 Å². The number of nitrogens with two attached hydrogens (primary N) is 1. The Balaban J connectivity index is 1.78. The predicted molar refractivity (Wildman–Crippen MR) is 55.9 cm³/mol. The van der Waals surface area contributed by atoms with Crippen LogP contribution in [-0.2, 0) is 6.42 Å². The van der Waals surface area contributed by atoms with Crippen molar-refractivity contribution < 1.29 is 0 Å². The average molecular weight is 197 g/mol. The van der Waals surface area contributed by atoms with E-state index in [1.807, 2.05) is 6.07 Å². The van der Waals surface area contributed by atoms with Gasteiger partial charge in [-0.05, 0) is 43.5 Å². The number of aromatic nitrogens is 1. The van der Waals surface area contributed by atoms with Crippen LogP contribution >= 0.6 is 11.5 Å². The van der Waals surface area contributed by atoms with Crippen LogP contribution in [0.1, 0.15) is 18.5 Å². The highest BCUT2D eigenvalue weighted by atomic mass is 32.1. The third kappa shape index (κ3) is 2.42. The summed E-state index contributed by atoms with van der Waals surface area (Å²) in [6.45, 7) is 3.67. The fraction of sp³-hybridized carbons (Fsp3) is 0.667. The van der Waals surface area contributed by atoms with Crippen LogP contribution in [0.4, 0.5) is 5.00 Å². The van der Waals surface area contributed by atoms with Gasteiger partial charge in [-0.1, -0.05) is 0 Å². The lowest BCUT2D eigenvalue weighted by Gasteiger charge is -2.12. The van der Waals surface area contributed by atoms with Gasteiger partial charge in [-0.25, -0.2) is 0 Å². The van der Waals surface area contributed by atoms with Crippen LogP contribution in [0.3, 0.4) is 0 Å². The molecule has 0 aliphatic carbocycles. The van der Waals surface area contributed by atoms with E-state index >= 15 is 0 Å². The molecule has 13 heavy (non-hydrogen) atoms. The maximum absolute atomic E-state index is 5.60. The van der Waals surface area contributed by atoms with Crippen LogP contribution in [-0.4, -0.2) is 28.9 Å². The first-order valence-electron chi connectivity index (χ1n) is 4.78. The molecule has 0 radical (unpaired) electrons. The topological polar surface area (TPSA) is 42.1 Å². The fourth-order valence-electron chi connectivity index (χ4n) is 1.72. The first kappa shape index (κ1) is 8.97. The van der Waals surface area contributed by atoms with Gasteiger partial charge in [0.25, 0.3) is 0 Å². The minimum atomic E-state index is 0.830. The Kier molecular flexibility index (Phi) is 2.80. The number of hydrogen-bond acceptors (Lipinski definition) is 4. The summed E-state index contributed by atoms with van der Waals surface area (Å²) in [6, 6.07) is 1.99. The molecular formula is C9H15N3S. The van der Waals surface area contributed by atoms with Gasteiger partial charge in [0.05, 0.1) is 5.69 Å². The van der Waals surface area contributed by atoms with E-state index in [-0.39, 0.29) is 0 Å². The van der Waals surface area contributed by atoms with E-state index < -0.39 is 0 Å². The molecule has 0 saturated carbocycles. The van der Waals surface area contributed by atoms with Gasteiger partial charge in [-0.15, -0.1) is 0 Å². The smallest absolute Gasteiger partial charge is 0.107 e. The molecule has 1 saturated heterocycles. The van der Waals surface area contributed by atoms with E-state index in [0.29, 0.717) is 0 Å². The molecule has 0 aromatic carbocycles. The van der Waals surface area contributed by atoms with Gasteiger partial charge in [0.2, 0.25) is 0 Å². The van der Waals surface area contributed by atoms with Gasteiger partial charge < -0.3 is 10.6 Å². The molecule has 1 aromatic rings. The SMILES string of the molecule is Nc1cc(CCN2CCCC2)ns1. The molecule has 2 N–H and O–H groups in total. The van der Waals surface area contributed by atoms with E-state index in [0.717, 1.165) is 23.7 Å². The third-order valence-electron chi connectivity index (χ3n) is 2.46. The Labute approximate surface area is 82.7 Å². The largest absolute Gasteiger partial charge is 0.389 e. The first-order chi connectivity index (χ1) is 6.34. The van der Waals surface area contributed by atoms with Crippen molar-refractivity contribution in [3.63, 3.8) is 0 Å². The zero-order chi connectivity index (χ0) is 9.10. The van der Waals surface area contributed by atoms with Gasteiger partial charge in [0.1, 0.15) is 5.00 Å². The van der Waals surface area contributed by atoms with E-state index in [1.54, 1.807) is 0 Å². The van der Waals surface area contributed by atoms with E-state index in [1.165, 1.54) is 37.5 Å². The van der Waals surface area contributed by atoms with Gasteiger partial charge in [-0.2, -0.15) is 4.37 Å². The van der Waals surface area contributed by atoms with Crippen LogP contribution in [0.5, 0.6) is 0 Å². The summed E-state index contributed by atoms with van der Waals surface area (Å²) in [5.74, 6) is 0. The summed E-state index contributed by atoms with van der Waals surface area (Å²) >= 11 is 1.40. The lowest BCUT2D eigenvalue weighted by atomic mass is 10.3. The first-order valence-corrected chi connectivity index (χ1v) is 5.55. The molecule has 1 fully saturated rings. The Morgan fingerprint density at radius 1 is 1.46 bits per heavy atom. The fourth-order valence-corrected chi connectivity index (χ4v) is 2.28. The van der Waals surface area contributed by atoms with Crippen molar-refractivity contribution in [3.8, 4) is 0 Å². The highest BCUT2D eigenvalue weighted by Gasteiger charge is 2.11. The molecule has 2 rings (SSSR count). The summed E-state index contributed by atoms with van der Waals surface area (Å²) < 4.78 is 4.27. The number of anilines is 1. The van der Waals surface area contributed by atoms with Crippen molar-refractivity contribution in [2.45, 2.75) is 19.3 Å². The third-order valence-corrected chi connectivity index (χ3v) is 3.11. The molecule has 1 aliphatic rings. The van der Waals surface area contributed by atoms with Gasteiger partial charge >= 0.3 is 0 Å². The van der Waals surface area contributed by atoms with Gasteiger partial charge in [0.15, 0.2) is 0 Å². The van der Waals surface area contributed by atoms with Crippen LogP contribution in [0.2, 0.25) is 0 Å². The second-order valence-electron chi connectivity index (χ2n) is 3.52. The molecule has 72 valence electrons. The van der Waals surface area contributed by atoms with Crippen molar-refractivity contribution in [2.75, 3.05) is 25.4 Å². The van der Waals surface area contributed by atoms with Crippen LogP contribution in [0.15, 0.2) is 6.07 Å². The summed E-state index contributed by atoms with van der Waals surface area (Å²) in [4.78, 5) is 2.50. The van der Waals surface area contributed by atoms with Crippen molar-refractivity contribution in [2.24, 2.45) is 0 Å². The lowest BCUT2D eigenvalue weighted by Crippen LogP contribution is -2.21. The normalized spacial score (nSPS) is 18.2. The van der Waals surface area contributed by atoms with Crippen LogP contribution in [0.25, 0.3) is 0 Å². The minimum absolute atomic E-state index is 0.830.